The van der Waals surface area contributed by atoms with Gasteiger partial charge in [0.05, 0.1) is 11.5 Å². The number of hydrogen-bond acceptors (Lipinski definition) is 3. The monoisotopic (exact) mass is 285 g/mol. The van der Waals surface area contributed by atoms with Gasteiger partial charge in [-0.05, 0) is 35.1 Å². The molecule has 2 N–H and O–H groups in total. The topological polar surface area (TPSA) is 66.4 Å². The summed E-state index contributed by atoms with van der Waals surface area (Å²) in [4.78, 5) is 0.206. The summed E-state index contributed by atoms with van der Waals surface area (Å²) >= 11 is 0. The Morgan fingerprint density at radius 2 is 1.84 bits per heavy atom. The fourth-order valence-corrected chi connectivity index (χ4v) is 2.99. The van der Waals surface area contributed by atoms with E-state index in [1.54, 1.807) is 18.2 Å². The number of aliphatic hydroxyl groups is 1. The van der Waals surface area contributed by atoms with E-state index in [9.17, 15) is 13.5 Å². The van der Waals surface area contributed by atoms with Crippen molar-refractivity contribution in [2.45, 2.75) is 45.6 Å². The van der Waals surface area contributed by atoms with Crippen LogP contribution in [0.25, 0.3) is 0 Å². The van der Waals surface area contributed by atoms with E-state index in [0.717, 1.165) is 12.0 Å². The van der Waals surface area contributed by atoms with Gasteiger partial charge in [-0.25, -0.2) is 13.1 Å². The van der Waals surface area contributed by atoms with Gasteiger partial charge in [-0.2, -0.15) is 0 Å². The molecule has 0 spiro atoms. The highest BCUT2D eigenvalue weighted by Gasteiger charge is 2.19. The molecule has 108 valence electrons. The van der Waals surface area contributed by atoms with E-state index in [2.05, 4.69) is 4.72 Å². The Morgan fingerprint density at radius 1 is 1.21 bits per heavy atom. The third kappa shape index (κ3) is 4.60. The average molecular weight is 285 g/mol. The van der Waals surface area contributed by atoms with Crippen molar-refractivity contribution in [3.63, 3.8) is 0 Å². The summed E-state index contributed by atoms with van der Waals surface area (Å²) in [6.07, 6.45) is 0.769. The van der Waals surface area contributed by atoms with Crippen molar-refractivity contribution in [2.24, 2.45) is 5.41 Å². The molecule has 0 aliphatic heterocycles. The summed E-state index contributed by atoms with van der Waals surface area (Å²) in [5.41, 5.74) is 1.52. The zero-order valence-electron chi connectivity index (χ0n) is 12.0. The normalized spacial score (nSPS) is 12.7. The number of nitrogens with one attached hydrogen (secondary N) is 1. The van der Waals surface area contributed by atoms with Crippen molar-refractivity contribution in [2.75, 3.05) is 6.54 Å². The second kappa shape index (κ2) is 6.03. The first kappa shape index (κ1) is 16.1. The van der Waals surface area contributed by atoms with Gasteiger partial charge in [0.1, 0.15) is 0 Å². The van der Waals surface area contributed by atoms with Crippen LogP contribution in [0.3, 0.4) is 0 Å². The fraction of sp³-hybridized carbons (Fsp3) is 0.571. The van der Waals surface area contributed by atoms with Crippen molar-refractivity contribution in [1.82, 2.24) is 4.72 Å². The molecule has 0 aliphatic rings. The quantitative estimate of drug-likeness (QED) is 0.870. The van der Waals surface area contributed by atoms with Crippen LogP contribution in [0.5, 0.6) is 0 Å². The van der Waals surface area contributed by atoms with Crippen LogP contribution < -0.4 is 4.72 Å². The van der Waals surface area contributed by atoms with Gasteiger partial charge >= 0.3 is 0 Å². The van der Waals surface area contributed by atoms with E-state index in [4.69, 9.17) is 0 Å². The number of benzene rings is 1. The molecule has 0 aromatic heterocycles. The van der Waals surface area contributed by atoms with Crippen LogP contribution in [-0.4, -0.2) is 20.1 Å². The van der Waals surface area contributed by atoms with Crippen LogP contribution in [0, 0.1) is 5.41 Å². The van der Waals surface area contributed by atoms with Gasteiger partial charge in [-0.3, -0.25) is 0 Å². The van der Waals surface area contributed by atoms with Gasteiger partial charge in [0.2, 0.25) is 10.0 Å². The van der Waals surface area contributed by atoms with Gasteiger partial charge in [0.15, 0.2) is 0 Å². The average Bonchev–Trinajstić information content (AvgIpc) is 2.35. The van der Waals surface area contributed by atoms with Gasteiger partial charge in [0, 0.05) is 6.54 Å². The van der Waals surface area contributed by atoms with Crippen molar-refractivity contribution in [3.8, 4) is 0 Å². The van der Waals surface area contributed by atoms with Crippen molar-refractivity contribution in [3.05, 3.63) is 29.3 Å². The lowest BCUT2D eigenvalue weighted by atomic mass is 9.98. The molecular weight excluding hydrogens is 262 g/mol. The maximum Gasteiger partial charge on any atom is 0.240 e. The number of aliphatic hydroxyl groups excluding tert-OH is 1. The lowest BCUT2D eigenvalue weighted by Gasteiger charge is -2.19. The van der Waals surface area contributed by atoms with Gasteiger partial charge in [0.25, 0.3) is 0 Å². The molecule has 0 amide bonds. The minimum absolute atomic E-state index is 0.115. The lowest BCUT2D eigenvalue weighted by Crippen LogP contribution is -2.32. The van der Waals surface area contributed by atoms with E-state index in [0.29, 0.717) is 12.1 Å². The zero-order valence-corrected chi connectivity index (χ0v) is 12.8. The SMILES string of the molecule is CCc1ccc(S(=O)(=O)NCC(C)(C)C)cc1CO. The maximum absolute atomic E-state index is 12.2. The molecule has 1 rings (SSSR count). The van der Waals surface area contributed by atoms with E-state index >= 15 is 0 Å². The number of hydrogen-bond donors (Lipinski definition) is 2. The molecule has 4 nitrogen and oxygen atoms in total. The summed E-state index contributed by atoms with van der Waals surface area (Å²) in [5.74, 6) is 0. The second-order valence-electron chi connectivity index (χ2n) is 5.83. The van der Waals surface area contributed by atoms with Crippen LogP contribution in [0.1, 0.15) is 38.8 Å². The molecule has 0 atom stereocenters. The second-order valence-corrected chi connectivity index (χ2v) is 7.59. The van der Waals surface area contributed by atoms with Crippen LogP contribution in [0.15, 0.2) is 23.1 Å². The Morgan fingerprint density at radius 3 is 2.32 bits per heavy atom. The number of rotatable bonds is 5. The summed E-state index contributed by atoms with van der Waals surface area (Å²) in [7, 11) is -3.51. The smallest absolute Gasteiger partial charge is 0.240 e. The first-order valence-corrected chi connectivity index (χ1v) is 7.90. The van der Waals surface area contributed by atoms with Gasteiger partial charge < -0.3 is 5.11 Å². The van der Waals surface area contributed by atoms with Crippen molar-refractivity contribution < 1.29 is 13.5 Å². The molecule has 0 saturated carbocycles. The Balaban J connectivity index is 3.02. The Hall–Kier alpha value is -0.910. The van der Waals surface area contributed by atoms with E-state index in [1.165, 1.54) is 0 Å². The molecule has 0 aliphatic carbocycles. The van der Waals surface area contributed by atoms with Crippen LogP contribution in [-0.2, 0) is 23.1 Å². The Kier molecular flexibility index (Phi) is 5.12. The van der Waals surface area contributed by atoms with Crippen LogP contribution in [0.2, 0.25) is 0 Å². The molecule has 0 radical (unpaired) electrons. The molecule has 19 heavy (non-hydrogen) atoms. The molecular formula is C14H23NO3S. The highest BCUT2D eigenvalue weighted by molar-refractivity contribution is 7.89. The highest BCUT2D eigenvalue weighted by atomic mass is 32.2. The largest absolute Gasteiger partial charge is 0.392 e. The molecule has 0 fully saturated rings. The van der Waals surface area contributed by atoms with Crippen molar-refractivity contribution >= 4 is 10.0 Å². The molecule has 0 heterocycles. The molecule has 0 bridgehead atoms. The first-order chi connectivity index (χ1) is 8.69. The summed E-state index contributed by atoms with van der Waals surface area (Å²) < 4.78 is 26.9. The molecule has 1 aromatic rings. The summed E-state index contributed by atoms with van der Waals surface area (Å²) in [6, 6.07) is 4.89. The van der Waals surface area contributed by atoms with E-state index in [1.807, 2.05) is 27.7 Å². The Labute approximate surface area is 115 Å². The maximum atomic E-state index is 12.2. The van der Waals surface area contributed by atoms with Crippen LogP contribution >= 0.6 is 0 Å². The Bertz CT molecular complexity index is 530. The van der Waals surface area contributed by atoms with Crippen molar-refractivity contribution in [1.29, 1.82) is 0 Å². The van der Waals surface area contributed by atoms with Crippen LogP contribution in [0.4, 0.5) is 0 Å². The number of sulfonamides is 1. The standard InChI is InChI=1S/C14H23NO3S/c1-5-11-6-7-13(8-12(11)9-16)19(17,18)15-10-14(2,3)4/h6-8,15-16H,5,9-10H2,1-4H3. The highest BCUT2D eigenvalue weighted by Crippen LogP contribution is 2.18. The lowest BCUT2D eigenvalue weighted by molar-refractivity contribution is 0.280. The minimum Gasteiger partial charge on any atom is -0.392 e. The molecule has 1 aromatic carbocycles. The van der Waals surface area contributed by atoms with Gasteiger partial charge in [-0.1, -0.05) is 33.8 Å². The summed E-state index contributed by atoms with van der Waals surface area (Å²) in [5, 5.41) is 9.28. The predicted octanol–water partition coefficient (Wildman–Crippen LogP) is 2.07. The van der Waals surface area contributed by atoms with E-state index in [-0.39, 0.29) is 16.9 Å². The zero-order chi connectivity index (χ0) is 14.7. The van der Waals surface area contributed by atoms with Gasteiger partial charge in [-0.15, -0.1) is 0 Å². The van der Waals surface area contributed by atoms with E-state index < -0.39 is 10.0 Å². The molecule has 0 saturated heterocycles. The first-order valence-electron chi connectivity index (χ1n) is 6.42. The molecule has 5 heteroatoms. The predicted molar refractivity (Wildman–Crippen MR) is 76.4 cm³/mol. The summed E-state index contributed by atoms with van der Waals surface area (Å²) in [6.45, 7) is 8.10. The number of aryl methyl sites for hydroxylation is 1. The molecule has 0 unspecified atom stereocenters. The third-order valence-electron chi connectivity index (χ3n) is 2.83. The fourth-order valence-electron chi connectivity index (χ4n) is 1.66. The minimum atomic E-state index is -3.51. The third-order valence-corrected chi connectivity index (χ3v) is 4.23.